The molecule has 0 aromatic heterocycles. The lowest BCUT2D eigenvalue weighted by Crippen LogP contribution is -2.49. The summed E-state index contributed by atoms with van der Waals surface area (Å²) in [6.45, 7) is 10.2. The zero-order valence-electron chi connectivity index (χ0n) is 13.4. The van der Waals surface area contributed by atoms with Crippen LogP contribution in [-0.4, -0.2) is 41.1 Å². The van der Waals surface area contributed by atoms with Gasteiger partial charge in [0.25, 0.3) is 0 Å². The van der Waals surface area contributed by atoms with E-state index in [1.807, 2.05) is 20.8 Å². The molecule has 0 saturated carbocycles. The Hall–Kier alpha value is -1.26. The Balaban J connectivity index is 2.64. The molecular weight excluding hydrogens is 256 g/mol. The molecule has 116 valence electrons. The molecule has 1 rings (SSSR count). The molecule has 0 bridgehead atoms. The van der Waals surface area contributed by atoms with Gasteiger partial charge in [-0.05, 0) is 46.5 Å². The zero-order chi connectivity index (χ0) is 15.3. The van der Waals surface area contributed by atoms with Gasteiger partial charge in [-0.2, -0.15) is 0 Å². The second kappa shape index (κ2) is 6.95. The zero-order valence-corrected chi connectivity index (χ0v) is 13.4. The number of hydrogen-bond donors (Lipinski definition) is 1. The molecule has 0 aromatic rings. The Bertz CT molecular complexity index is 346. The number of carbonyl (C=O) groups is 2. The van der Waals surface area contributed by atoms with Gasteiger partial charge in [-0.15, -0.1) is 0 Å². The molecule has 2 amide bonds. The monoisotopic (exact) mass is 284 g/mol. The lowest BCUT2D eigenvalue weighted by molar-refractivity contribution is -0.126. The molecule has 1 heterocycles. The molecule has 1 aliphatic heterocycles. The summed E-state index contributed by atoms with van der Waals surface area (Å²) in [5.41, 5.74) is -0.532. The maximum absolute atomic E-state index is 12.3. The summed E-state index contributed by atoms with van der Waals surface area (Å²) in [6, 6.07) is -0.200. The van der Waals surface area contributed by atoms with Crippen LogP contribution in [0.3, 0.4) is 0 Å². The van der Waals surface area contributed by atoms with E-state index in [2.05, 4.69) is 19.2 Å². The van der Waals surface area contributed by atoms with E-state index >= 15 is 0 Å². The van der Waals surface area contributed by atoms with Gasteiger partial charge in [-0.3, -0.25) is 9.69 Å². The number of ether oxygens (including phenoxy) is 1. The highest BCUT2D eigenvalue weighted by Gasteiger charge is 2.36. The van der Waals surface area contributed by atoms with Crippen LogP contribution in [0, 0.1) is 0 Å². The summed E-state index contributed by atoms with van der Waals surface area (Å²) in [6.07, 6.45) is 2.98. The van der Waals surface area contributed by atoms with Gasteiger partial charge in [0.15, 0.2) is 0 Å². The first-order valence-electron chi connectivity index (χ1n) is 7.58. The molecule has 0 aliphatic carbocycles. The largest absolute Gasteiger partial charge is 0.444 e. The summed E-state index contributed by atoms with van der Waals surface area (Å²) in [5.74, 6) is -0.0536. The average Bonchev–Trinajstić information content (AvgIpc) is 2.82. The molecule has 1 aliphatic rings. The van der Waals surface area contributed by atoms with E-state index in [0.29, 0.717) is 13.0 Å². The predicted octanol–water partition coefficient (Wildman–Crippen LogP) is 2.69. The van der Waals surface area contributed by atoms with Crippen LogP contribution in [0.2, 0.25) is 0 Å². The molecular formula is C15H28N2O3. The summed E-state index contributed by atoms with van der Waals surface area (Å²) in [4.78, 5) is 26.0. The number of carbonyl (C=O) groups excluding carboxylic acids is 2. The number of rotatable bonds is 4. The summed E-state index contributed by atoms with van der Waals surface area (Å²) in [5, 5.41) is 3.02. The number of nitrogens with zero attached hydrogens (tertiary/aromatic N) is 1. The van der Waals surface area contributed by atoms with Crippen molar-refractivity contribution in [1.29, 1.82) is 0 Å². The average molecular weight is 284 g/mol. The van der Waals surface area contributed by atoms with Crippen LogP contribution >= 0.6 is 0 Å². The summed E-state index contributed by atoms with van der Waals surface area (Å²) in [7, 11) is 0. The molecule has 0 unspecified atom stereocenters. The predicted molar refractivity (Wildman–Crippen MR) is 78.5 cm³/mol. The molecule has 20 heavy (non-hydrogen) atoms. The van der Waals surface area contributed by atoms with Crippen molar-refractivity contribution < 1.29 is 14.3 Å². The van der Waals surface area contributed by atoms with Crippen molar-refractivity contribution >= 4 is 12.0 Å². The normalized spacial score (nSPS) is 19.3. The lowest BCUT2D eigenvalue weighted by Gasteiger charge is -2.29. The number of nitrogens with one attached hydrogen (secondary N) is 1. The Morgan fingerprint density at radius 2 is 1.90 bits per heavy atom. The van der Waals surface area contributed by atoms with Crippen molar-refractivity contribution in [3.8, 4) is 0 Å². The molecule has 0 aromatic carbocycles. The van der Waals surface area contributed by atoms with Crippen molar-refractivity contribution in [2.45, 2.75) is 78.0 Å². The standard InChI is InChI=1S/C15H28N2O3/c1-6-11(7-2)16-13(18)12-9-8-10-17(12)14(19)20-15(3,4)5/h11-12H,6-10H2,1-5H3,(H,16,18)/t12-/m0/s1. The second-order valence-electron chi connectivity index (χ2n) is 6.35. The second-order valence-corrected chi connectivity index (χ2v) is 6.35. The molecule has 0 spiro atoms. The minimum Gasteiger partial charge on any atom is -0.444 e. The van der Waals surface area contributed by atoms with Crippen molar-refractivity contribution in [1.82, 2.24) is 10.2 Å². The lowest BCUT2D eigenvalue weighted by atomic mass is 10.1. The van der Waals surface area contributed by atoms with Gasteiger partial charge in [0.1, 0.15) is 11.6 Å². The van der Waals surface area contributed by atoms with Gasteiger partial charge in [-0.25, -0.2) is 4.79 Å². The molecule has 5 nitrogen and oxygen atoms in total. The Morgan fingerprint density at radius 3 is 2.40 bits per heavy atom. The highest BCUT2D eigenvalue weighted by atomic mass is 16.6. The van der Waals surface area contributed by atoms with Crippen LogP contribution in [0.4, 0.5) is 4.79 Å². The van der Waals surface area contributed by atoms with Crippen LogP contribution in [0.5, 0.6) is 0 Å². The van der Waals surface area contributed by atoms with Gasteiger partial charge in [0.2, 0.25) is 5.91 Å². The van der Waals surface area contributed by atoms with Gasteiger partial charge >= 0.3 is 6.09 Å². The topological polar surface area (TPSA) is 58.6 Å². The van der Waals surface area contributed by atoms with Gasteiger partial charge in [0.05, 0.1) is 0 Å². The molecule has 1 fully saturated rings. The first kappa shape index (κ1) is 16.8. The fraction of sp³-hybridized carbons (Fsp3) is 0.867. The third kappa shape index (κ3) is 4.69. The molecule has 0 radical (unpaired) electrons. The third-order valence-corrected chi connectivity index (χ3v) is 3.52. The van der Waals surface area contributed by atoms with E-state index in [-0.39, 0.29) is 24.1 Å². The Kier molecular flexibility index (Phi) is 5.84. The Labute approximate surface area is 122 Å². The van der Waals surface area contributed by atoms with Crippen LogP contribution in [0.1, 0.15) is 60.3 Å². The number of hydrogen-bond acceptors (Lipinski definition) is 3. The van der Waals surface area contributed by atoms with E-state index < -0.39 is 5.60 Å². The molecule has 1 N–H and O–H groups in total. The van der Waals surface area contributed by atoms with Crippen molar-refractivity contribution in [2.75, 3.05) is 6.54 Å². The fourth-order valence-corrected chi connectivity index (χ4v) is 2.37. The maximum atomic E-state index is 12.3. The Morgan fingerprint density at radius 1 is 1.30 bits per heavy atom. The number of likely N-dealkylation sites (tertiary alicyclic amines) is 1. The molecule has 1 saturated heterocycles. The summed E-state index contributed by atoms with van der Waals surface area (Å²) >= 11 is 0. The highest BCUT2D eigenvalue weighted by molar-refractivity contribution is 5.86. The van der Waals surface area contributed by atoms with Crippen LogP contribution in [0.15, 0.2) is 0 Å². The van der Waals surface area contributed by atoms with Crippen molar-refractivity contribution in [3.05, 3.63) is 0 Å². The SMILES string of the molecule is CCC(CC)NC(=O)[C@@H]1CCCN1C(=O)OC(C)(C)C. The number of amides is 2. The van der Waals surface area contributed by atoms with Gasteiger partial charge in [-0.1, -0.05) is 13.8 Å². The molecule has 5 heteroatoms. The highest BCUT2D eigenvalue weighted by Crippen LogP contribution is 2.21. The van der Waals surface area contributed by atoms with Crippen LogP contribution in [-0.2, 0) is 9.53 Å². The van der Waals surface area contributed by atoms with Crippen LogP contribution in [0.25, 0.3) is 0 Å². The summed E-state index contributed by atoms with van der Waals surface area (Å²) < 4.78 is 5.37. The van der Waals surface area contributed by atoms with Crippen molar-refractivity contribution in [3.63, 3.8) is 0 Å². The minimum absolute atomic E-state index is 0.0536. The quantitative estimate of drug-likeness (QED) is 0.863. The van der Waals surface area contributed by atoms with E-state index in [9.17, 15) is 9.59 Å². The van der Waals surface area contributed by atoms with E-state index in [0.717, 1.165) is 19.3 Å². The minimum atomic E-state index is -0.532. The van der Waals surface area contributed by atoms with Crippen LogP contribution < -0.4 is 5.32 Å². The molecule has 1 atom stereocenters. The van der Waals surface area contributed by atoms with E-state index in [1.165, 1.54) is 0 Å². The first-order valence-corrected chi connectivity index (χ1v) is 7.58. The third-order valence-electron chi connectivity index (χ3n) is 3.52. The van der Waals surface area contributed by atoms with Gasteiger partial charge in [0, 0.05) is 12.6 Å². The first-order chi connectivity index (χ1) is 9.28. The van der Waals surface area contributed by atoms with E-state index in [4.69, 9.17) is 4.74 Å². The maximum Gasteiger partial charge on any atom is 0.410 e. The van der Waals surface area contributed by atoms with Gasteiger partial charge < -0.3 is 10.1 Å². The van der Waals surface area contributed by atoms with E-state index in [1.54, 1.807) is 4.90 Å². The van der Waals surface area contributed by atoms with Crippen molar-refractivity contribution in [2.24, 2.45) is 0 Å². The fourth-order valence-electron chi connectivity index (χ4n) is 2.37. The smallest absolute Gasteiger partial charge is 0.410 e.